The van der Waals surface area contributed by atoms with E-state index >= 15 is 0 Å². The van der Waals surface area contributed by atoms with Crippen LogP contribution in [-0.2, 0) is 16.1 Å². The number of carbonyl (C=O) groups is 1. The summed E-state index contributed by atoms with van der Waals surface area (Å²) in [6.45, 7) is 10.9. The molecular formula is C21H32N2O2S. The first-order chi connectivity index (χ1) is 12.5. The molecule has 0 radical (unpaired) electrons. The van der Waals surface area contributed by atoms with Crippen LogP contribution in [0.5, 0.6) is 0 Å². The minimum atomic E-state index is 0.227. The maximum absolute atomic E-state index is 12.0. The molecule has 1 amide bonds. The molecule has 0 aromatic carbocycles. The predicted octanol–water partition coefficient (Wildman–Crippen LogP) is 3.54. The Labute approximate surface area is 161 Å². The zero-order chi connectivity index (χ0) is 18.1. The van der Waals surface area contributed by atoms with Crippen LogP contribution in [0.2, 0.25) is 0 Å². The summed E-state index contributed by atoms with van der Waals surface area (Å²) in [4.78, 5) is 19.5. The van der Waals surface area contributed by atoms with Gasteiger partial charge in [-0.25, -0.2) is 0 Å². The zero-order valence-electron chi connectivity index (χ0n) is 16.2. The van der Waals surface area contributed by atoms with Crippen molar-refractivity contribution < 1.29 is 9.53 Å². The van der Waals surface area contributed by atoms with E-state index in [4.69, 9.17) is 4.74 Å². The number of thiophene rings is 1. The average Bonchev–Trinajstić information content (AvgIpc) is 3.25. The molecule has 1 spiro atoms. The molecule has 5 heteroatoms. The van der Waals surface area contributed by atoms with Gasteiger partial charge in [0.15, 0.2) is 0 Å². The van der Waals surface area contributed by atoms with Gasteiger partial charge in [-0.2, -0.15) is 0 Å². The van der Waals surface area contributed by atoms with Gasteiger partial charge in [-0.3, -0.25) is 9.69 Å². The monoisotopic (exact) mass is 376 g/mol. The van der Waals surface area contributed by atoms with Gasteiger partial charge >= 0.3 is 0 Å². The van der Waals surface area contributed by atoms with Crippen LogP contribution < -0.4 is 0 Å². The van der Waals surface area contributed by atoms with E-state index in [2.05, 4.69) is 28.9 Å². The maximum atomic E-state index is 12.0. The summed E-state index contributed by atoms with van der Waals surface area (Å²) >= 11 is 1.92. The van der Waals surface area contributed by atoms with E-state index in [1.807, 2.05) is 11.3 Å². The fraction of sp³-hybridized carbons (Fsp3) is 0.762. The van der Waals surface area contributed by atoms with Crippen LogP contribution >= 0.6 is 11.3 Å². The predicted molar refractivity (Wildman–Crippen MR) is 105 cm³/mol. The molecule has 3 heterocycles. The van der Waals surface area contributed by atoms with E-state index in [0.29, 0.717) is 5.92 Å². The van der Waals surface area contributed by atoms with Crippen LogP contribution in [0.3, 0.4) is 0 Å². The average molecular weight is 377 g/mol. The van der Waals surface area contributed by atoms with Crippen LogP contribution in [-0.4, -0.2) is 55.1 Å². The number of rotatable bonds is 6. The molecule has 26 heavy (non-hydrogen) atoms. The molecule has 1 aliphatic carbocycles. The lowest BCUT2D eigenvalue weighted by Crippen LogP contribution is -2.45. The van der Waals surface area contributed by atoms with E-state index in [1.54, 1.807) is 6.92 Å². The Kier molecular flexibility index (Phi) is 5.40. The van der Waals surface area contributed by atoms with Gasteiger partial charge in [0.25, 0.3) is 0 Å². The van der Waals surface area contributed by atoms with Gasteiger partial charge in [-0.15, -0.1) is 11.3 Å². The Balaban J connectivity index is 1.35. The molecule has 0 N–H and O–H groups in total. The second kappa shape index (κ2) is 7.61. The minimum absolute atomic E-state index is 0.227. The number of nitrogens with zero attached hydrogens (tertiary/aromatic N) is 2. The van der Waals surface area contributed by atoms with Crippen molar-refractivity contribution >= 4 is 17.2 Å². The van der Waals surface area contributed by atoms with E-state index in [9.17, 15) is 4.79 Å². The summed E-state index contributed by atoms with van der Waals surface area (Å²) in [5.41, 5.74) is 0.275. The van der Waals surface area contributed by atoms with Gasteiger partial charge in [0.1, 0.15) is 0 Å². The van der Waals surface area contributed by atoms with E-state index in [-0.39, 0.29) is 11.3 Å². The smallest absolute Gasteiger partial charge is 0.219 e. The number of aryl methyl sites for hydroxylation is 1. The van der Waals surface area contributed by atoms with Crippen molar-refractivity contribution in [2.45, 2.75) is 46.1 Å². The van der Waals surface area contributed by atoms with Crippen molar-refractivity contribution in [2.75, 3.05) is 39.4 Å². The molecule has 1 atom stereocenters. The van der Waals surface area contributed by atoms with E-state index < -0.39 is 0 Å². The van der Waals surface area contributed by atoms with Crippen molar-refractivity contribution in [2.24, 2.45) is 17.3 Å². The second-order valence-electron chi connectivity index (χ2n) is 8.73. The van der Waals surface area contributed by atoms with Crippen molar-refractivity contribution in [3.8, 4) is 0 Å². The van der Waals surface area contributed by atoms with Crippen LogP contribution in [0.25, 0.3) is 0 Å². The number of hydrogen-bond acceptors (Lipinski definition) is 4. The molecule has 2 saturated heterocycles. The van der Waals surface area contributed by atoms with Gasteiger partial charge < -0.3 is 9.64 Å². The molecule has 4 nitrogen and oxygen atoms in total. The second-order valence-corrected chi connectivity index (χ2v) is 10.1. The van der Waals surface area contributed by atoms with Crippen molar-refractivity contribution in [1.82, 2.24) is 9.80 Å². The van der Waals surface area contributed by atoms with Crippen LogP contribution in [0.4, 0.5) is 0 Å². The molecular weight excluding hydrogens is 344 g/mol. The van der Waals surface area contributed by atoms with Crippen LogP contribution in [0.1, 0.15) is 42.4 Å². The molecule has 1 saturated carbocycles. The summed E-state index contributed by atoms with van der Waals surface area (Å²) in [7, 11) is 0. The Hall–Kier alpha value is -0.910. The van der Waals surface area contributed by atoms with Gasteiger partial charge in [-0.05, 0) is 69.2 Å². The minimum Gasteiger partial charge on any atom is -0.381 e. The van der Waals surface area contributed by atoms with Gasteiger partial charge in [-0.1, -0.05) is 0 Å². The molecule has 0 bridgehead atoms. The third-order valence-electron chi connectivity index (χ3n) is 6.65. The first-order valence-corrected chi connectivity index (χ1v) is 11.0. The summed E-state index contributed by atoms with van der Waals surface area (Å²) in [5, 5.41) is 0. The topological polar surface area (TPSA) is 32.8 Å². The molecule has 4 rings (SSSR count). The number of piperidine rings is 1. The SMILES string of the molecule is CC(=O)N1C[C@@H](COCC2CC2)C2(CCN(Cc3ccc(C)s3)CC2)C1. The zero-order valence-corrected chi connectivity index (χ0v) is 17.0. The molecule has 144 valence electrons. The van der Waals surface area contributed by atoms with Crippen molar-refractivity contribution in [1.29, 1.82) is 0 Å². The van der Waals surface area contributed by atoms with E-state index in [1.165, 1.54) is 35.4 Å². The normalized spacial score (nSPS) is 25.9. The first-order valence-electron chi connectivity index (χ1n) is 10.1. The van der Waals surface area contributed by atoms with Crippen molar-refractivity contribution in [3.63, 3.8) is 0 Å². The number of hydrogen-bond donors (Lipinski definition) is 0. The highest BCUT2D eigenvalue weighted by Crippen LogP contribution is 2.45. The first kappa shape index (κ1) is 18.5. The standard InChI is InChI=1S/C21H32N2O2S/c1-16-3-6-20(26-16)12-22-9-7-21(8-10-22)15-23(17(2)24)11-19(21)14-25-13-18-4-5-18/h3,6,18-19H,4-5,7-15H2,1-2H3/t19-/m0/s1. The molecule has 3 fully saturated rings. The van der Waals surface area contributed by atoms with Gasteiger partial charge in [0.2, 0.25) is 5.91 Å². The van der Waals surface area contributed by atoms with Crippen LogP contribution in [0, 0.1) is 24.2 Å². The lowest BCUT2D eigenvalue weighted by atomic mass is 9.71. The fourth-order valence-corrected chi connectivity index (χ4v) is 5.61. The molecule has 1 aromatic heterocycles. The van der Waals surface area contributed by atoms with Crippen LogP contribution in [0.15, 0.2) is 12.1 Å². The Morgan fingerprint density at radius 1 is 1.27 bits per heavy atom. The lowest BCUT2D eigenvalue weighted by Gasteiger charge is -2.42. The Morgan fingerprint density at radius 3 is 2.65 bits per heavy atom. The van der Waals surface area contributed by atoms with Gasteiger partial charge in [0.05, 0.1) is 6.61 Å². The number of ether oxygens (including phenoxy) is 1. The molecule has 3 aliphatic rings. The highest BCUT2D eigenvalue weighted by atomic mass is 32.1. The molecule has 0 unspecified atom stereocenters. The van der Waals surface area contributed by atoms with E-state index in [0.717, 1.165) is 51.9 Å². The summed E-state index contributed by atoms with van der Waals surface area (Å²) < 4.78 is 6.07. The quantitative estimate of drug-likeness (QED) is 0.761. The number of carbonyl (C=O) groups excluding carboxylic acids is 1. The van der Waals surface area contributed by atoms with Crippen molar-refractivity contribution in [3.05, 3.63) is 21.9 Å². The Morgan fingerprint density at radius 2 is 2.04 bits per heavy atom. The molecule has 2 aliphatic heterocycles. The summed E-state index contributed by atoms with van der Waals surface area (Å²) in [5.74, 6) is 1.55. The maximum Gasteiger partial charge on any atom is 0.219 e. The third-order valence-corrected chi connectivity index (χ3v) is 7.64. The fourth-order valence-electron chi connectivity index (χ4n) is 4.68. The molecule has 1 aromatic rings. The lowest BCUT2D eigenvalue weighted by molar-refractivity contribution is -0.128. The highest BCUT2D eigenvalue weighted by Gasteiger charge is 2.48. The highest BCUT2D eigenvalue weighted by molar-refractivity contribution is 7.11. The third kappa shape index (κ3) is 4.15. The summed E-state index contributed by atoms with van der Waals surface area (Å²) in [6, 6.07) is 4.49. The Bertz CT molecular complexity index is 632. The number of likely N-dealkylation sites (tertiary alicyclic amines) is 2. The summed E-state index contributed by atoms with van der Waals surface area (Å²) in [6.07, 6.45) is 5.07. The number of amides is 1. The van der Waals surface area contributed by atoms with Gasteiger partial charge in [0, 0.05) is 48.8 Å². The largest absolute Gasteiger partial charge is 0.381 e.